The molecule has 0 aliphatic carbocycles. The van der Waals surface area contributed by atoms with Gasteiger partial charge >= 0.3 is 0 Å². The maximum atomic E-state index is 5.98. The lowest BCUT2D eigenvalue weighted by molar-refractivity contribution is 0.706. The van der Waals surface area contributed by atoms with Gasteiger partial charge in [-0.1, -0.05) is 11.6 Å². The normalized spacial score (nSPS) is 10.9. The van der Waals surface area contributed by atoms with Gasteiger partial charge in [-0.25, -0.2) is 0 Å². The third kappa shape index (κ3) is 3.08. The Hall–Kier alpha value is 0.130. The summed E-state index contributed by atoms with van der Waals surface area (Å²) < 4.78 is 1.81. The number of nitrogens with one attached hydrogen (secondary N) is 1. The standard InChI is InChI=1S/C11H11BrClNS2/c1-7-2-3-15-10(7)6-14-5-8-4-9(12)11(13)16-8/h2-4,14H,5-6H2,1H3. The molecule has 16 heavy (non-hydrogen) atoms. The van der Waals surface area contributed by atoms with Crippen molar-refractivity contribution in [3.8, 4) is 0 Å². The predicted molar refractivity (Wildman–Crippen MR) is 76.6 cm³/mol. The number of rotatable bonds is 4. The molecule has 2 aromatic rings. The zero-order chi connectivity index (χ0) is 11.5. The van der Waals surface area contributed by atoms with Crippen LogP contribution in [0.3, 0.4) is 0 Å². The lowest BCUT2D eigenvalue weighted by Gasteiger charge is -2.01. The Kier molecular flexibility index (Phi) is 4.44. The molecule has 0 atom stereocenters. The zero-order valence-electron chi connectivity index (χ0n) is 8.72. The highest BCUT2D eigenvalue weighted by molar-refractivity contribution is 9.10. The molecule has 1 N–H and O–H groups in total. The lowest BCUT2D eigenvalue weighted by atomic mass is 10.3. The smallest absolute Gasteiger partial charge is 0.107 e. The SMILES string of the molecule is Cc1ccsc1CNCc1cc(Br)c(Cl)s1. The van der Waals surface area contributed by atoms with Crippen molar-refractivity contribution in [2.24, 2.45) is 0 Å². The highest BCUT2D eigenvalue weighted by Gasteiger charge is 2.04. The van der Waals surface area contributed by atoms with Gasteiger partial charge in [0.2, 0.25) is 0 Å². The largest absolute Gasteiger partial charge is 0.307 e. The van der Waals surface area contributed by atoms with Crippen LogP contribution < -0.4 is 5.32 Å². The Morgan fingerprint density at radius 2 is 2.25 bits per heavy atom. The summed E-state index contributed by atoms with van der Waals surface area (Å²) in [5.41, 5.74) is 1.36. The molecule has 0 unspecified atom stereocenters. The summed E-state index contributed by atoms with van der Waals surface area (Å²) >= 11 is 12.8. The van der Waals surface area contributed by atoms with Crippen LogP contribution >= 0.6 is 50.2 Å². The van der Waals surface area contributed by atoms with Gasteiger partial charge in [0.15, 0.2) is 0 Å². The number of halogens is 2. The van der Waals surface area contributed by atoms with E-state index in [1.54, 1.807) is 22.7 Å². The van der Waals surface area contributed by atoms with Crippen molar-refractivity contribution >= 4 is 50.2 Å². The zero-order valence-corrected chi connectivity index (χ0v) is 12.7. The molecule has 5 heteroatoms. The summed E-state index contributed by atoms with van der Waals surface area (Å²) in [5, 5.41) is 5.56. The van der Waals surface area contributed by atoms with Gasteiger partial charge in [-0.15, -0.1) is 22.7 Å². The lowest BCUT2D eigenvalue weighted by Crippen LogP contribution is -2.11. The highest BCUT2D eigenvalue weighted by atomic mass is 79.9. The molecular formula is C11H11BrClNS2. The Morgan fingerprint density at radius 1 is 1.44 bits per heavy atom. The Morgan fingerprint density at radius 3 is 2.81 bits per heavy atom. The molecular weight excluding hydrogens is 326 g/mol. The van der Waals surface area contributed by atoms with E-state index in [1.807, 2.05) is 0 Å². The first-order valence-corrected chi connectivity index (χ1v) is 7.71. The van der Waals surface area contributed by atoms with Crippen molar-refractivity contribution in [3.63, 3.8) is 0 Å². The quantitative estimate of drug-likeness (QED) is 0.843. The molecule has 0 radical (unpaired) electrons. The van der Waals surface area contributed by atoms with Crippen molar-refractivity contribution in [1.82, 2.24) is 5.32 Å². The van der Waals surface area contributed by atoms with E-state index < -0.39 is 0 Å². The van der Waals surface area contributed by atoms with E-state index >= 15 is 0 Å². The average Bonchev–Trinajstić information content (AvgIpc) is 2.76. The van der Waals surface area contributed by atoms with Crippen LogP contribution in [-0.2, 0) is 13.1 Å². The fourth-order valence-corrected chi connectivity index (χ4v) is 4.00. The Labute approximate surface area is 117 Å². The molecule has 86 valence electrons. The Balaban J connectivity index is 1.87. The number of hydrogen-bond acceptors (Lipinski definition) is 3. The molecule has 0 aromatic carbocycles. The summed E-state index contributed by atoms with van der Waals surface area (Å²) in [6.07, 6.45) is 0. The second-order valence-corrected chi connectivity index (χ2v) is 7.06. The van der Waals surface area contributed by atoms with Gasteiger partial charge in [0.1, 0.15) is 4.34 Å². The first-order valence-electron chi connectivity index (χ1n) is 4.84. The Bertz CT molecular complexity index is 459. The van der Waals surface area contributed by atoms with Crippen molar-refractivity contribution in [2.45, 2.75) is 20.0 Å². The molecule has 2 rings (SSSR count). The minimum Gasteiger partial charge on any atom is -0.307 e. The van der Waals surface area contributed by atoms with Crippen LogP contribution in [0.2, 0.25) is 4.34 Å². The van der Waals surface area contributed by atoms with E-state index in [1.165, 1.54) is 15.3 Å². The van der Waals surface area contributed by atoms with E-state index in [4.69, 9.17) is 11.6 Å². The summed E-state index contributed by atoms with van der Waals surface area (Å²) in [5.74, 6) is 0. The number of aryl methyl sites for hydroxylation is 1. The highest BCUT2D eigenvalue weighted by Crippen LogP contribution is 2.31. The van der Waals surface area contributed by atoms with Gasteiger partial charge in [-0.3, -0.25) is 0 Å². The van der Waals surface area contributed by atoms with Crippen LogP contribution in [-0.4, -0.2) is 0 Å². The third-order valence-electron chi connectivity index (χ3n) is 2.25. The molecule has 0 amide bonds. The van der Waals surface area contributed by atoms with Gasteiger partial charge in [0.05, 0.1) is 0 Å². The van der Waals surface area contributed by atoms with Gasteiger partial charge < -0.3 is 5.32 Å². The first kappa shape index (κ1) is 12.6. The monoisotopic (exact) mass is 335 g/mol. The van der Waals surface area contributed by atoms with Crippen LogP contribution in [0.15, 0.2) is 22.0 Å². The fourth-order valence-electron chi connectivity index (χ4n) is 1.36. The van der Waals surface area contributed by atoms with Crippen LogP contribution in [0.4, 0.5) is 0 Å². The summed E-state index contributed by atoms with van der Waals surface area (Å²) in [6.45, 7) is 3.94. The molecule has 0 bridgehead atoms. The molecule has 2 heterocycles. The molecule has 0 aliphatic heterocycles. The van der Waals surface area contributed by atoms with E-state index in [-0.39, 0.29) is 0 Å². The molecule has 0 fully saturated rings. The van der Waals surface area contributed by atoms with Gasteiger partial charge in [0.25, 0.3) is 0 Å². The maximum Gasteiger partial charge on any atom is 0.107 e. The van der Waals surface area contributed by atoms with E-state index in [9.17, 15) is 0 Å². The van der Waals surface area contributed by atoms with E-state index in [0.717, 1.165) is 21.9 Å². The molecule has 0 saturated carbocycles. The summed E-state index contributed by atoms with van der Waals surface area (Å²) in [7, 11) is 0. The second kappa shape index (κ2) is 5.65. The average molecular weight is 337 g/mol. The minimum atomic E-state index is 0.823. The van der Waals surface area contributed by atoms with Crippen LogP contribution in [0.25, 0.3) is 0 Å². The summed E-state index contributed by atoms with van der Waals surface area (Å²) in [4.78, 5) is 2.66. The predicted octanol–water partition coefficient (Wildman–Crippen LogP) is 4.82. The fraction of sp³-hybridized carbons (Fsp3) is 0.273. The van der Waals surface area contributed by atoms with Crippen LogP contribution in [0.5, 0.6) is 0 Å². The van der Waals surface area contributed by atoms with Crippen molar-refractivity contribution in [2.75, 3.05) is 0 Å². The van der Waals surface area contributed by atoms with Crippen LogP contribution in [0.1, 0.15) is 15.3 Å². The van der Waals surface area contributed by atoms with Crippen molar-refractivity contribution < 1.29 is 0 Å². The van der Waals surface area contributed by atoms with Crippen LogP contribution in [0, 0.1) is 6.92 Å². The van der Waals surface area contributed by atoms with Crippen molar-refractivity contribution in [1.29, 1.82) is 0 Å². The molecule has 0 spiro atoms. The number of thiophene rings is 2. The molecule has 1 nitrogen and oxygen atoms in total. The topological polar surface area (TPSA) is 12.0 Å². The molecule has 0 aliphatic rings. The summed E-state index contributed by atoms with van der Waals surface area (Å²) in [6, 6.07) is 4.22. The van der Waals surface area contributed by atoms with Gasteiger partial charge in [-0.2, -0.15) is 0 Å². The number of hydrogen-bond donors (Lipinski definition) is 1. The third-order valence-corrected chi connectivity index (χ3v) is 5.75. The molecule has 0 saturated heterocycles. The first-order chi connectivity index (χ1) is 7.66. The second-order valence-electron chi connectivity index (χ2n) is 3.46. The van der Waals surface area contributed by atoms with E-state index in [2.05, 4.69) is 45.7 Å². The van der Waals surface area contributed by atoms with Gasteiger partial charge in [0, 0.05) is 27.3 Å². The van der Waals surface area contributed by atoms with E-state index in [0.29, 0.717) is 0 Å². The van der Waals surface area contributed by atoms with Gasteiger partial charge in [-0.05, 0) is 45.9 Å². The maximum absolute atomic E-state index is 5.98. The molecule has 2 aromatic heterocycles. The van der Waals surface area contributed by atoms with Crippen molar-refractivity contribution in [3.05, 3.63) is 41.6 Å². The minimum absolute atomic E-state index is 0.823.